The second kappa shape index (κ2) is 7.99. The van der Waals surface area contributed by atoms with Gasteiger partial charge in [0.15, 0.2) is 0 Å². The molecule has 0 unspecified atom stereocenters. The number of hydrogen-bond acceptors (Lipinski definition) is 1. The minimum Gasteiger partial charge on any atom is -0.445 e. The predicted molar refractivity (Wildman–Crippen MR) is 59.3 cm³/mol. The number of hydrogen-bond donors (Lipinski definition) is 0. The van der Waals surface area contributed by atoms with Gasteiger partial charge in [0.05, 0.1) is 6.61 Å². The van der Waals surface area contributed by atoms with E-state index >= 15 is 0 Å². The molecule has 17 heavy (non-hydrogen) atoms. The van der Waals surface area contributed by atoms with E-state index in [0.29, 0.717) is 5.02 Å². The van der Waals surface area contributed by atoms with Crippen molar-refractivity contribution < 1.29 is 69.1 Å². The Bertz CT molecular complexity index is 384. The molecule has 0 amide bonds. The van der Waals surface area contributed by atoms with Crippen LogP contribution in [0.5, 0.6) is 0 Å². The molecule has 1 nitrogen and oxygen atoms in total. The minimum absolute atomic E-state index is 0. The maximum atomic E-state index is 12.1. The smallest absolute Gasteiger partial charge is 0.445 e. The van der Waals surface area contributed by atoms with E-state index in [1.807, 2.05) is 0 Å². The van der Waals surface area contributed by atoms with Gasteiger partial charge in [-0.05, 0) is 17.7 Å². The van der Waals surface area contributed by atoms with E-state index in [0.717, 1.165) is 5.56 Å². The fraction of sp³-hybridized carbons (Fsp3) is 0.200. The first-order valence-corrected chi connectivity index (χ1v) is 4.97. The van der Waals surface area contributed by atoms with Crippen LogP contribution >= 0.6 is 11.6 Å². The first-order chi connectivity index (χ1) is 7.39. The van der Waals surface area contributed by atoms with E-state index in [4.69, 9.17) is 16.3 Å². The summed E-state index contributed by atoms with van der Waals surface area (Å²) in [6.07, 6.45) is 0. The van der Waals surface area contributed by atoms with E-state index in [1.54, 1.807) is 24.3 Å². The average molecular weight is 289 g/mol. The van der Waals surface area contributed by atoms with Gasteiger partial charge >= 0.3 is 58.4 Å². The van der Waals surface area contributed by atoms with Gasteiger partial charge in [-0.1, -0.05) is 23.7 Å². The molecule has 0 saturated carbocycles. The van der Waals surface area contributed by atoms with Gasteiger partial charge < -0.3 is 17.7 Å². The standard InChI is InChI=1S/C10H10BClF3O.K/c1-8(11(13,14)15)6-16-7-9-3-2-4-10(12)5-9;/h2-5H,1,6-7H2;/q-1;+1. The molecule has 88 valence electrons. The normalized spacial score (nSPS) is 10.8. The Hall–Kier alpha value is 0.701. The molecule has 0 aromatic heterocycles. The molecule has 0 atom stereocenters. The van der Waals surface area contributed by atoms with Crippen LogP contribution in [0.25, 0.3) is 0 Å². The van der Waals surface area contributed by atoms with Crippen LogP contribution < -0.4 is 51.4 Å². The van der Waals surface area contributed by atoms with Crippen LogP contribution in [0.1, 0.15) is 5.56 Å². The van der Waals surface area contributed by atoms with Crippen molar-refractivity contribution in [3.8, 4) is 0 Å². The molecule has 0 aliphatic carbocycles. The number of benzene rings is 1. The van der Waals surface area contributed by atoms with Gasteiger partial charge in [0.25, 0.3) is 0 Å². The Morgan fingerprint density at radius 3 is 2.53 bits per heavy atom. The average Bonchev–Trinajstić information content (AvgIpc) is 2.16. The molecule has 0 aliphatic rings. The largest absolute Gasteiger partial charge is 1.00 e. The van der Waals surface area contributed by atoms with Crippen molar-refractivity contribution >= 4 is 18.6 Å². The van der Waals surface area contributed by atoms with Crippen molar-refractivity contribution in [3.63, 3.8) is 0 Å². The summed E-state index contributed by atoms with van der Waals surface area (Å²) in [5.41, 5.74) is -0.1000. The van der Waals surface area contributed by atoms with E-state index in [9.17, 15) is 12.9 Å². The van der Waals surface area contributed by atoms with Crippen LogP contribution in [0, 0.1) is 0 Å². The monoisotopic (exact) mass is 288 g/mol. The van der Waals surface area contributed by atoms with E-state index in [-0.39, 0.29) is 58.0 Å². The molecule has 0 radical (unpaired) electrons. The summed E-state index contributed by atoms with van der Waals surface area (Å²) in [4.78, 5) is 0. The van der Waals surface area contributed by atoms with Gasteiger partial charge in [0.1, 0.15) is 0 Å². The van der Waals surface area contributed by atoms with Crippen molar-refractivity contribution in [2.24, 2.45) is 0 Å². The molecule has 0 aliphatic heterocycles. The zero-order valence-electron chi connectivity index (χ0n) is 9.43. The maximum absolute atomic E-state index is 12.1. The van der Waals surface area contributed by atoms with Gasteiger partial charge in [-0.3, -0.25) is 0 Å². The van der Waals surface area contributed by atoms with E-state index in [2.05, 4.69) is 6.58 Å². The molecule has 0 spiro atoms. The van der Waals surface area contributed by atoms with Crippen LogP contribution in [-0.4, -0.2) is 13.6 Å². The SMILES string of the molecule is C=C(COCc1cccc(Cl)c1)[B-](F)(F)F.[K+]. The van der Waals surface area contributed by atoms with Crippen LogP contribution in [0.3, 0.4) is 0 Å². The Kier molecular flexibility index (Phi) is 8.32. The maximum Gasteiger partial charge on any atom is 1.00 e. The zero-order valence-corrected chi connectivity index (χ0v) is 13.3. The van der Waals surface area contributed by atoms with Gasteiger partial charge in [-0.15, -0.1) is 12.1 Å². The molecule has 1 rings (SSSR count). The first kappa shape index (κ1) is 17.7. The Morgan fingerprint density at radius 2 is 2.00 bits per heavy atom. The third kappa shape index (κ3) is 7.00. The molecule has 0 bridgehead atoms. The van der Waals surface area contributed by atoms with Crippen molar-refractivity contribution in [3.05, 3.63) is 46.9 Å². The van der Waals surface area contributed by atoms with Crippen molar-refractivity contribution in [1.29, 1.82) is 0 Å². The molecular formula is C10H10BClF3KO. The van der Waals surface area contributed by atoms with Gasteiger partial charge in [-0.2, -0.15) is 0 Å². The molecule has 0 saturated heterocycles. The predicted octanol–water partition coefficient (Wildman–Crippen LogP) is 0.803. The van der Waals surface area contributed by atoms with Crippen LogP contribution in [0.15, 0.2) is 36.3 Å². The molecule has 0 N–H and O–H groups in total. The molecule has 0 fully saturated rings. The van der Waals surface area contributed by atoms with Crippen molar-refractivity contribution in [2.45, 2.75) is 6.61 Å². The minimum atomic E-state index is -5.01. The van der Waals surface area contributed by atoms with Gasteiger partial charge in [0, 0.05) is 11.6 Å². The summed E-state index contributed by atoms with van der Waals surface area (Å²) in [5, 5.41) is 0.528. The fourth-order valence-electron chi connectivity index (χ4n) is 1.02. The summed E-state index contributed by atoms with van der Waals surface area (Å²) in [7, 11) is 0. The second-order valence-corrected chi connectivity index (χ2v) is 3.79. The summed E-state index contributed by atoms with van der Waals surface area (Å²) in [6, 6.07) is 6.77. The second-order valence-electron chi connectivity index (χ2n) is 3.36. The fourth-order valence-corrected chi connectivity index (χ4v) is 1.23. The van der Waals surface area contributed by atoms with Crippen LogP contribution in [0.4, 0.5) is 12.9 Å². The third-order valence-corrected chi connectivity index (χ3v) is 2.14. The number of rotatable bonds is 5. The molecule has 1 aromatic carbocycles. The van der Waals surface area contributed by atoms with E-state index < -0.39 is 19.1 Å². The quantitative estimate of drug-likeness (QED) is 0.729. The van der Waals surface area contributed by atoms with Crippen molar-refractivity contribution in [1.82, 2.24) is 0 Å². The summed E-state index contributed by atoms with van der Waals surface area (Å²) in [5.74, 6) is 0. The van der Waals surface area contributed by atoms with Crippen LogP contribution in [-0.2, 0) is 11.3 Å². The van der Waals surface area contributed by atoms with Crippen molar-refractivity contribution in [2.75, 3.05) is 6.61 Å². The Labute approximate surface area is 146 Å². The summed E-state index contributed by atoms with van der Waals surface area (Å²) >= 11 is 5.71. The first-order valence-electron chi connectivity index (χ1n) is 4.59. The third-order valence-electron chi connectivity index (χ3n) is 1.91. The van der Waals surface area contributed by atoms with Crippen LogP contribution in [0.2, 0.25) is 5.02 Å². The number of ether oxygens (including phenoxy) is 1. The van der Waals surface area contributed by atoms with E-state index in [1.165, 1.54) is 0 Å². The van der Waals surface area contributed by atoms with Gasteiger partial charge in [0.2, 0.25) is 0 Å². The molecular weight excluding hydrogens is 278 g/mol. The Balaban J connectivity index is 0.00000256. The topological polar surface area (TPSA) is 9.23 Å². The Morgan fingerprint density at radius 1 is 1.35 bits per heavy atom. The molecule has 0 heterocycles. The molecule has 1 aromatic rings. The summed E-state index contributed by atoms with van der Waals surface area (Å²) in [6.45, 7) is -2.50. The van der Waals surface area contributed by atoms with Gasteiger partial charge in [-0.25, -0.2) is 0 Å². The number of halogens is 4. The molecule has 7 heteroatoms. The summed E-state index contributed by atoms with van der Waals surface area (Å²) < 4.78 is 41.2. The zero-order chi connectivity index (χ0) is 12.2.